The molecule has 1 aromatic rings. The summed E-state index contributed by atoms with van der Waals surface area (Å²) in [6.45, 7) is 0.965. The minimum atomic E-state index is -0.415. The van der Waals surface area contributed by atoms with Gasteiger partial charge in [-0.15, -0.1) is 0 Å². The monoisotopic (exact) mass is 236 g/mol. The molecule has 1 atom stereocenters. The number of nitrogens with zero attached hydrogens (tertiary/aromatic N) is 1. The zero-order valence-electron chi connectivity index (χ0n) is 9.72. The SMILES string of the molecule is COc1cc(N)cc(C(=O)N2CC[C@@H](O)C2)c1. The van der Waals surface area contributed by atoms with E-state index in [1.54, 1.807) is 23.1 Å². The van der Waals surface area contributed by atoms with E-state index in [0.29, 0.717) is 36.5 Å². The number of anilines is 1. The first kappa shape index (κ1) is 11.7. The van der Waals surface area contributed by atoms with Gasteiger partial charge in [0.15, 0.2) is 0 Å². The van der Waals surface area contributed by atoms with Gasteiger partial charge in [0, 0.05) is 30.4 Å². The molecule has 3 N–H and O–H groups in total. The van der Waals surface area contributed by atoms with E-state index >= 15 is 0 Å². The summed E-state index contributed by atoms with van der Waals surface area (Å²) in [5.74, 6) is 0.445. The van der Waals surface area contributed by atoms with Crippen LogP contribution in [0.5, 0.6) is 5.75 Å². The highest BCUT2D eigenvalue weighted by atomic mass is 16.5. The Morgan fingerprint density at radius 3 is 2.88 bits per heavy atom. The molecule has 1 heterocycles. The molecule has 1 amide bonds. The normalized spacial score (nSPS) is 19.4. The van der Waals surface area contributed by atoms with Gasteiger partial charge in [0.2, 0.25) is 0 Å². The molecule has 1 aliphatic heterocycles. The van der Waals surface area contributed by atoms with Gasteiger partial charge in [0.25, 0.3) is 5.91 Å². The summed E-state index contributed by atoms with van der Waals surface area (Å²) in [6.07, 6.45) is 0.215. The molecule has 2 rings (SSSR count). The van der Waals surface area contributed by atoms with Gasteiger partial charge in [-0.2, -0.15) is 0 Å². The molecular formula is C12H16N2O3. The van der Waals surface area contributed by atoms with Crippen LogP contribution in [0.4, 0.5) is 5.69 Å². The molecule has 1 aromatic carbocycles. The second-order valence-electron chi connectivity index (χ2n) is 4.19. The molecule has 5 heteroatoms. The predicted octanol–water partition coefficient (Wildman–Crippen LogP) is 0.484. The maximum Gasteiger partial charge on any atom is 0.254 e. The summed E-state index contributed by atoms with van der Waals surface area (Å²) in [7, 11) is 1.53. The second-order valence-corrected chi connectivity index (χ2v) is 4.19. The van der Waals surface area contributed by atoms with E-state index in [1.807, 2.05) is 0 Å². The van der Waals surface area contributed by atoms with E-state index in [4.69, 9.17) is 10.5 Å². The van der Waals surface area contributed by atoms with Crippen LogP contribution in [-0.2, 0) is 0 Å². The highest BCUT2D eigenvalue weighted by Gasteiger charge is 2.25. The van der Waals surface area contributed by atoms with Crippen LogP contribution in [0.3, 0.4) is 0 Å². The highest BCUT2D eigenvalue weighted by molar-refractivity contribution is 5.95. The van der Waals surface area contributed by atoms with E-state index < -0.39 is 6.10 Å². The zero-order valence-corrected chi connectivity index (χ0v) is 9.72. The third-order valence-electron chi connectivity index (χ3n) is 2.86. The van der Waals surface area contributed by atoms with Crippen LogP contribution >= 0.6 is 0 Å². The number of nitrogens with two attached hydrogens (primary N) is 1. The van der Waals surface area contributed by atoms with Crippen molar-refractivity contribution in [1.82, 2.24) is 4.90 Å². The number of hydrogen-bond donors (Lipinski definition) is 2. The number of aliphatic hydroxyl groups is 1. The molecule has 1 saturated heterocycles. The third kappa shape index (κ3) is 2.50. The number of carbonyl (C=O) groups excluding carboxylic acids is 1. The van der Waals surface area contributed by atoms with Gasteiger partial charge in [-0.05, 0) is 18.6 Å². The summed E-state index contributed by atoms with van der Waals surface area (Å²) in [4.78, 5) is 13.7. The summed E-state index contributed by atoms with van der Waals surface area (Å²) >= 11 is 0. The van der Waals surface area contributed by atoms with Gasteiger partial charge in [0.1, 0.15) is 5.75 Å². The van der Waals surface area contributed by atoms with Crippen molar-refractivity contribution in [1.29, 1.82) is 0 Å². The van der Waals surface area contributed by atoms with Gasteiger partial charge < -0.3 is 20.5 Å². The van der Waals surface area contributed by atoms with Crippen LogP contribution in [0.1, 0.15) is 16.8 Å². The van der Waals surface area contributed by atoms with Gasteiger partial charge >= 0.3 is 0 Å². The molecule has 92 valence electrons. The highest BCUT2D eigenvalue weighted by Crippen LogP contribution is 2.21. The van der Waals surface area contributed by atoms with Crippen LogP contribution in [0.25, 0.3) is 0 Å². The Morgan fingerprint density at radius 1 is 1.53 bits per heavy atom. The number of hydrogen-bond acceptors (Lipinski definition) is 4. The van der Waals surface area contributed by atoms with Crippen LogP contribution < -0.4 is 10.5 Å². The lowest BCUT2D eigenvalue weighted by atomic mass is 10.1. The third-order valence-corrected chi connectivity index (χ3v) is 2.86. The molecular weight excluding hydrogens is 220 g/mol. The minimum absolute atomic E-state index is 0.118. The van der Waals surface area contributed by atoms with Crippen molar-refractivity contribution in [3.8, 4) is 5.75 Å². The van der Waals surface area contributed by atoms with Crippen LogP contribution in [0, 0.1) is 0 Å². The molecule has 0 bridgehead atoms. The first-order valence-corrected chi connectivity index (χ1v) is 5.52. The number of aliphatic hydroxyl groups excluding tert-OH is 1. The fourth-order valence-electron chi connectivity index (χ4n) is 1.97. The quantitative estimate of drug-likeness (QED) is 0.732. The summed E-state index contributed by atoms with van der Waals surface area (Å²) in [5, 5.41) is 9.41. The Morgan fingerprint density at radius 2 is 2.29 bits per heavy atom. The molecule has 0 radical (unpaired) electrons. The number of amides is 1. The van der Waals surface area contributed by atoms with Gasteiger partial charge in [-0.1, -0.05) is 0 Å². The molecule has 0 spiro atoms. The van der Waals surface area contributed by atoms with E-state index in [1.165, 1.54) is 7.11 Å². The standard InChI is InChI=1S/C12H16N2O3/c1-17-11-5-8(4-9(13)6-11)12(16)14-3-2-10(15)7-14/h4-6,10,15H,2-3,7,13H2,1H3/t10-/m1/s1. The number of ether oxygens (including phenoxy) is 1. The lowest BCUT2D eigenvalue weighted by Crippen LogP contribution is -2.29. The number of benzene rings is 1. The Hall–Kier alpha value is -1.75. The van der Waals surface area contributed by atoms with Crippen molar-refractivity contribution in [2.75, 3.05) is 25.9 Å². The molecule has 1 fully saturated rings. The van der Waals surface area contributed by atoms with Crippen LogP contribution in [0.2, 0.25) is 0 Å². The Labute approximate surface area is 99.8 Å². The van der Waals surface area contributed by atoms with Crippen LogP contribution in [0.15, 0.2) is 18.2 Å². The maximum absolute atomic E-state index is 12.1. The number of methoxy groups -OCH3 is 1. The van der Waals surface area contributed by atoms with E-state index in [-0.39, 0.29) is 5.91 Å². The topological polar surface area (TPSA) is 75.8 Å². The minimum Gasteiger partial charge on any atom is -0.497 e. The van der Waals surface area contributed by atoms with Crippen molar-refractivity contribution in [3.63, 3.8) is 0 Å². The number of carbonyl (C=O) groups is 1. The molecule has 17 heavy (non-hydrogen) atoms. The molecule has 0 unspecified atom stereocenters. The van der Waals surface area contributed by atoms with Gasteiger partial charge in [-0.25, -0.2) is 0 Å². The largest absolute Gasteiger partial charge is 0.497 e. The Balaban J connectivity index is 2.21. The van der Waals surface area contributed by atoms with Crippen molar-refractivity contribution < 1.29 is 14.6 Å². The van der Waals surface area contributed by atoms with E-state index in [9.17, 15) is 9.90 Å². The number of rotatable bonds is 2. The zero-order chi connectivity index (χ0) is 12.4. The van der Waals surface area contributed by atoms with Crippen molar-refractivity contribution in [3.05, 3.63) is 23.8 Å². The van der Waals surface area contributed by atoms with Crippen molar-refractivity contribution in [2.45, 2.75) is 12.5 Å². The number of likely N-dealkylation sites (tertiary alicyclic amines) is 1. The van der Waals surface area contributed by atoms with Gasteiger partial charge in [0.05, 0.1) is 13.2 Å². The smallest absolute Gasteiger partial charge is 0.254 e. The lowest BCUT2D eigenvalue weighted by molar-refractivity contribution is 0.0764. The van der Waals surface area contributed by atoms with Crippen molar-refractivity contribution in [2.24, 2.45) is 0 Å². The van der Waals surface area contributed by atoms with Gasteiger partial charge in [-0.3, -0.25) is 4.79 Å². The lowest BCUT2D eigenvalue weighted by Gasteiger charge is -2.16. The first-order valence-electron chi connectivity index (χ1n) is 5.52. The summed E-state index contributed by atoms with van der Waals surface area (Å²) in [5.41, 5.74) is 6.69. The van der Waals surface area contributed by atoms with E-state index in [0.717, 1.165) is 0 Å². The summed E-state index contributed by atoms with van der Waals surface area (Å²) < 4.78 is 5.07. The molecule has 0 aromatic heterocycles. The predicted molar refractivity (Wildman–Crippen MR) is 63.9 cm³/mol. The molecule has 0 saturated carbocycles. The molecule has 5 nitrogen and oxygen atoms in total. The molecule has 1 aliphatic rings. The maximum atomic E-state index is 12.1. The average Bonchev–Trinajstić information content (AvgIpc) is 2.74. The second kappa shape index (κ2) is 4.63. The van der Waals surface area contributed by atoms with Crippen LogP contribution in [-0.4, -0.2) is 42.2 Å². The average molecular weight is 236 g/mol. The molecule has 0 aliphatic carbocycles. The first-order chi connectivity index (χ1) is 8.10. The summed E-state index contributed by atoms with van der Waals surface area (Å²) in [6, 6.07) is 4.94. The Kier molecular flexibility index (Phi) is 3.19. The fraction of sp³-hybridized carbons (Fsp3) is 0.417. The number of β-amino-alcohol motifs (C(OH)–C–C–N with tert-alkyl or cyclic N) is 1. The number of nitrogen functional groups attached to an aromatic ring is 1. The van der Waals surface area contributed by atoms with E-state index in [2.05, 4.69) is 0 Å². The Bertz CT molecular complexity index is 434. The fourth-order valence-corrected chi connectivity index (χ4v) is 1.97. The van der Waals surface area contributed by atoms with Crippen molar-refractivity contribution >= 4 is 11.6 Å².